The average molecular weight is 383 g/mol. The fourth-order valence-electron chi connectivity index (χ4n) is 3.79. The number of aromatic amines is 1. The zero-order chi connectivity index (χ0) is 19.6. The van der Waals surface area contributed by atoms with Gasteiger partial charge >= 0.3 is 0 Å². The van der Waals surface area contributed by atoms with E-state index in [9.17, 15) is 0 Å². The number of H-pyrrole nitrogens is 1. The van der Waals surface area contributed by atoms with Gasteiger partial charge in [-0.25, -0.2) is 4.52 Å². The highest BCUT2D eigenvalue weighted by Gasteiger charge is 2.12. The Bertz CT molecular complexity index is 1230. The molecule has 5 aromatic rings. The minimum absolute atomic E-state index is 0.601. The maximum absolute atomic E-state index is 4.39. The molecule has 0 radical (unpaired) electrons. The van der Waals surface area contributed by atoms with E-state index in [1.807, 2.05) is 28.9 Å². The predicted molar refractivity (Wildman–Crippen MR) is 111 cm³/mol. The zero-order valence-corrected chi connectivity index (χ0v) is 16.2. The van der Waals surface area contributed by atoms with Crippen LogP contribution >= 0.6 is 0 Å². The number of aryl methyl sites for hydroxylation is 1. The average Bonchev–Trinajstić information content (AvgIpc) is 3.49. The minimum atomic E-state index is 0.601. The molecule has 0 aliphatic carbocycles. The molecule has 0 atom stereocenters. The fourth-order valence-corrected chi connectivity index (χ4v) is 3.79. The van der Waals surface area contributed by atoms with Crippen LogP contribution in [0.5, 0.6) is 0 Å². The molecule has 0 fully saturated rings. The molecule has 0 amide bonds. The van der Waals surface area contributed by atoms with Crippen molar-refractivity contribution in [2.45, 2.75) is 26.3 Å². The number of rotatable bonds is 6. The van der Waals surface area contributed by atoms with Crippen LogP contribution in [0.15, 0.2) is 67.0 Å². The van der Waals surface area contributed by atoms with Crippen molar-refractivity contribution in [2.75, 3.05) is 0 Å². The number of benzene rings is 2. The van der Waals surface area contributed by atoms with Crippen LogP contribution in [0.4, 0.5) is 0 Å². The standard InChI is InChI=1S/C22H21N7/c1-2-5-18-15-29-21(12-13-23-29)28(18)14-16-8-10-17(11-9-16)19-6-3-4-7-20(19)22-24-26-27-25-22/h3-4,6-13,15H,2,5,14H2,1H3,(H,24,25,26,27). The van der Waals surface area contributed by atoms with Crippen LogP contribution in [0.2, 0.25) is 0 Å². The second-order valence-electron chi connectivity index (χ2n) is 7.07. The van der Waals surface area contributed by atoms with Crippen LogP contribution in [0.25, 0.3) is 28.2 Å². The highest BCUT2D eigenvalue weighted by Crippen LogP contribution is 2.30. The van der Waals surface area contributed by atoms with E-state index < -0.39 is 0 Å². The predicted octanol–water partition coefficient (Wildman–Crippen LogP) is 3.98. The molecule has 0 saturated heterocycles. The van der Waals surface area contributed by atoms with Crippen molar-refractivity contribution in [1.82, 2.24) is 34.8 Å². The third-order valence-electron chi connectivity index (χ3n) is 5.17. The van der Waals surface area contributed by atoms with Crippen LogP contribution < -0.4 is 0 Å². The Morgan fingerprint density at radius 3 is 2.55 bits per heavy atom. The number of imidazole rings is 1. The second kappa shape index (κ2) is 7.35. The Balaban J connectivity index is 1.47. The summed E-state index contributed by atoms with van der Waals surface area (Å²) in [6.45, 7) is 3.03. The summed E-state index contributed by atoms with van der Waals surface area (Å²) in [5.74, 6) is 0.601. The lowest BCUT2D eigenvalue weighted by Gasteiger charge is -2.11. The van der Waals surface area contributed by atoms with Gasteiger partial charge in [0.25, 0.3) is 0 Å². The molecule has 2 aromatic carbocycles. The molecule has 144 valence electrons. The summed E-state index contributed by atoms with van der Waals surface area (Å²) < 4.78 is 4.30. The van der Waals surface area contributed by atoms with Gasteiger partial charge in [0.1, 0.15) is 5.65 Å². The van der Waals surface area contributed by atoms with Crippen LogP contribution in [0, 0.1) is 0 Å². The van der Waals surface area contributed by atoms with Crippen molar-refractivity contribution in [3.05, 3.63) is 78.2 Å². The molecule has 0 saturated carbocycles. The first kappa shape index (κ1) is 17.4. The lowest BCUT2D eigenvalue weighted by molar-refractivity contribution is 0.745. The highest BCUT2D eigenvalue weighted by atomic mass is 15.5. The zero-order valence-electron chi connectivity index (χ0n) is 16.2. The Hall–Kier alpha value is -3.74. The van der Waals surface area contributed by atoms with Gasteiger partial charge in [0, 0.05) is 23.9 Å². The van der Waals surface area contributed by atoms with E-state index in [2.05, 4.69) is 79.8 Å². The normalized spacial score (nSPS) is 11.3. The number of hydrogen-bond acceptors (Lipinski definition) is 4. The number of tetrazole rings is 1. The summed E-state index contributed by atoms with van der Waals surface area (Å²) in [6, 6.07) is 18.9. The molecule has 5 rings (SSSR count). The van der Waals surface area contributed by atoms with E-state index in [1.165, 1.54) is 11.3 Å². The number of nitrogens with zero attached hydrogens (tertiary/aromatic N) is 6. The van der Waals surface area contributed by atoms with Gasteiger partial charge in [0.05, 0.1) is 12.4 Å². The molecule has 29 heavy (non-hydrogen) atoms. The molecule has 0 unspecified atom stereocenters. The number of hydrogen-bond donors (Lipinski definition) is 1. The van der Waals surface area contributed by atoms with Crippen LogP contribution in [-0.2, 0) is 13.0 Å². The van der Waals surface area contributed by atoms with E-state index in [-0.39, 0.29) is 0 Å². The van der Waals surface area contributed by atoms with E-state index in [4.69, 9.17) is 0 Å². The molecule has 0 bridgehead atoms. The third-order valence-corrected chi connectivity index (χ3v) is 5.17. The molecule has 0 aliphatic rings. The molecule has 0 spiro atoms. The van der Waals surface area contributed by atoms with E-state index in [0.717, 1.165) is 41.7 Å². The maximum atomic E-state index is 4.39. The molecule has 3 aromatic heterocycles. The summed E-state index contributed by atoms with van der Waals surface area (Å²) in [5.41, 5.74) is 6.87. The first-order chi connectivity index (χ1) is 14.3. The molecule has 0 aliphatic heterocycles. The van der Waals surface area contributed by atoms with Crippen molar-refractivity contribution in [1.29, 1.82) is 0 Å². The van der Waals surface area contributed by atoms with Crippen molar-refractivity contribution in [3.63, 3.8) is 0 Å². The van der Waals surface area contributed by atoms with Gasteiger partial charge in [-0.3, -0.25) is 0 Å². The quantitative estimate of drug-likeness (QED) is 0.481. The van der Waals surface area contributed by atoms with Gasteiger partial charge in [0.15, 0.2) is 0 Å². The number of nitrogens with one attached hydrogen (secondary N) is 1. The molecular weight excluding hydrogens is 362 g/mol. The molecule has 1 N–H and O–H groups in total. The van der Waals surface area contributed by atoms with Crippen LogP contribution in [0.3, 0.4) is 0 Å². The first-order valence-corrected chi connectivity index (χ1v) is 9.77. The Kier molecular flexibility index (Phi) is 4.40. The van der Waals surface area contributed by atoms with Gasteiger partial charge < -0.3 is 4.57 Å². The Labute approximate surface area is 168 Å². The van der Waals surface area contributed by atoms with Crippen molar-refractivity contribution >= 4 is 5.65 Å². The lowest BCUT2D eigenvalue weighted by atomic mass is 9.98. The van der Waals surface area contributed by atoms with E-state index >= 15 is 0 Å². The van der Waals surface area contributed by atoms with Gasteiger partial charge in [-0.05, 0) is 28.3 Å². The van der Waals surface area contributed by atoms with Gasteiger partial charge in [-0.2, -0.15) is 10.3 Å². The molecule has 3 heterocycles. The largest absolute Gasteiger partial charge is 0.324 e. The third kappa shape index (κ3) is 3.20. The van der Waals surface area contributed by atoms with Gasteiger partial charge in [-0.1, -0.05) is 61.9 Å². The molecule has 7 heteroatoms. The second-order valence-corrected chi connectivity index (χ2v) is 7.07. The summed E-state index contributed by atoms with van der Waals surface area (Å²) in [6.07, 6.45) is 6.13. The maximum Gasteiger partial charge on any atom is 0.205 e. The van der Waals surface area contributed by atoms with Crippen molar-refractivity contribution in [3.8, 4) is 22.5 Å². The summed E-state index contributed by atoms with van der Waals surface area (Å²) in [5, 5.41) is 18.9. The van der Waals surface area contributed by atoms with Crippen molar-refractivity contribution in [2.24, 2.45) is 0 Å². The lowest BCUT2D eigenvalue weighted by Crippen LogP contribution is -2.04. The monoisotopic (exact) mass is 383 g/mol. The SMILES string of the molecule is CCCc1cn2nccc2n1Cc1ccc(-c2ccccc2-c2nn[nH]n2)cc1. The van der Waals surface area contributed by atoms with Gasteiger partial charge in [0.2, 0.25) is 5.82 Å². The van der Waals surface area contributed by atoms with Crippen LogP contribution in [0.1, 0.15) is 24.6 Å². The van der Waals surface area contributed by atoms with E-state index in [1.54, 1.807) is 0 Å². The van der Waals surface area contributed by atoms with E-state index in [0.29, 0.717) is 5.82 Å². The molecular formula is C22H21N7. The highest BCUT2D eigenvalue weighted by molar-refractivity contribution is 5.80. The number of fused-ring (bicyclic) bond motifs is 1. The fraction of sp³-hybridized carbons (Fsp3) is 0.182. The minimum Gasteiger partial charge on any atom is -0.324 e. The first-order valence-electron chi connectivity index (χ1n) is 9.77. The number of aromatic nitrogens is 7. The topological polar surface area (TPSA) is 76.7 Å². The van der Waals surface area contributed by atoms with Crippen LogP contribution in [-0.4, -0.2) is 34.8 Å². The Morgan fingerprint density at radius 1 is 0.966 bits per heavy atom. The molecule has 7 nitrogen and oxygen atoms in total. The Morgan fingerprint density at radius 2 is 1.79 bits per heavy atom. The van der Waals surface area contributed by atoms with Crippen molar-refractivity contribution < 1.29 is 0 Å². The summed E-state index contributed by atoms with van der Waals surface area (Å²) in [7, 11) is 0. The summed E-state index contributed by atoms with van der Waals surface area (Å²) >= 11 is 0. The summed E-state index contributed by atoms with van der Waals surface area (Å²) in [4.78, 5) is 0. The van der Waals surface area contributed by atoms with Gasteiger partial charge in [-0.15, -0.1) is 10.2 Å². The smallest absolute Gasteiger partial charge is 0.205 e.